The normalized spacial score (nSPS) is 13.4. The Morgan fingerprint density at radius 2 is 1.24 bits per heavy atom. The van der Waals surface area contributed by atoms with Crippen LogP contribution in [-0.2, 0) is 0 Å². The van der Waals surface area contributed by atoms with Crippen molar-refractivity contribution in [3.8, 4) is 0 Å². The molecule has 0 aliphatic heterocycles. The summed E-state index contributed by atoms with van der Waals surface area (Å²) < 4.78 is 2.77. The highest BCUT2D eigenvalue weighted by molar-refractivity contribution is 6.88. The van der Waals surface area contributed by atoms with Crippen LogP contribution in [-0.4, -0.2) is 40.7 Å². The summed E-state index contributed by atoms with van der Waals surface area (Å²) in [7, 11) is -2.91. The molecule has 0 spiro atoms. The molecule has 0 fully saturated rings. The summed E-state index contributed by atoms with van der Waals surface area (Å²) >= 11 is 0. The van der Waals surface area contributed by atoms with Gasteiger partial charge in [0, 0.05) is 0 Å². The van der Waals surface area contributed by atoms with Crippen molar-refractivity contribution in [1.29, 1.82) is 0 Å². The summed E-state index contributed by atoms with van der Waals surface area (Å²) in [6.45, 7) is 20.0. The second-order valence-corrected chi connectivity index (χ2v) is 14.6. The molecule has 0 aliphatic rings. The number of nitrogens with zero attached hydrogens (tertiary/aromatic N) is 1. The van der Waals surface area contributed by atoms with E-state index in [4.69, 9.17) is 0 Å². The van der Waals surface area contributed by atoms with Crippen LogP contribution in [0.1, 0.15) is 33.6 Å². The van der Waals surface area contributed by atoms with E-state index in [1.165, 1.54) is 12.8 Å². The second kappa shape index (κ2) is 7.68. The first kappa shape index (κ1) is 17.3. The molecule has 3 nitrogen and oxygen atoms in total. The van der Waals surface area contributed by atoms with E-state index in [1.54, 1.807) is 0 Å². The van der Waals surface area contributed by atoms with Gasteiger partial charge in [-0.25, -0.2) is 0 Å². The highest BCUT2D eigenvalue weighted by atomic mass is 28.4. The van der Waals surface area contributed by atoms with E-state index in [1.807, 2.05) is 0 Å². The van der Waals surface area contributed by atoms with Crippen molar-refractivity contribution in [2.24, 2.45) is 0 Å². The van der Waals surface area contributed by atoms with E-state index >= 15 is 0 Å². The minimum Gasteiger partial charge on any atom is -0.322 e. The van der Waals surface area contributed by atoms with Gasteiger partial charge in [-0.05, 0) is 39.0 Å². The molecule has 0 saturated carbocycles. The lowest BCUT2D eigenvalue weighted by molar-refractivity contribution is 0.576. The van der Waals surface area contributed by atoms with Crippen LogP contribution in [0.4, 0.5) is 0 Å². The Morgan fingerprint density at radius 3 is 1.47 bits per heavy atom. The van der Waals surface area contributed by atoms with Gasteiger partial charge < -0.3 is 14.2 Å². The Labute approximate surface area is 111 Å². The predicted molar refractivity (Wildman–Crippen MR) is 83.9 cm³/mol. The van der Waals surface area contributed by atoms with E-state index in [-0.39, 0.29) is 0 Å². The first-order valence-corrected chi connectivity index (χ1v) is 13.0. The SMILES string of the molecule is CCCN[Si](C)(NCCC)N(CC)[Si](C)(C)C. The lowest BCUT2D eigenvalue weighted by atomic mass is 10.5. The van der Waals surface area contributed by atoms with E-state index in [0.29, 0.717) is 0 Å². The maximum Gasteiger partial charge on any atom is 0.274 e. The smallest absolute Gasteiger partial charge is 0.274 e. The van der Waals surface area contributed by atoms with Crippen molar-refractivity contribution in [1.82, 2.24) is 14.2 Å². The van der Waals surface area contributed by atoms with E-state index in [2.05, 4.69) is 61.2 Å². The summed E-state index contributed by atoms with van der Waals surface area (Å²) in [5.74, 6) is 0. The van der Waals surface area contributed by atoms with Crippen LogP contribution in [0.5, 0.6) is 0 Å². The Morgan fingerprint density at radius 1 is 0.824 bits per heavy atom. The first-order chi connectivity index (χ1) is 7.81. The van der Waals surface area contributed by atoms with Gasteiger partial charge >= 0.3 is 0 Å². The summed E-state index contributed by atoms with van der Waals surface area (Å²) in [5.41, 5.74) is 0. The fraction of sp³-hybridized carbons (Fsp3) is 1.00. The molecule has 104 valence electrons. The summed E-state index contributed by atoms with van der Waals surface area (Å²) in [6, 6.07) is 0. The molecule has 0 bridgehead atoms. The summed E-state index contributed by atoms with van der Waals surface area (Å²) in [5, 5.41) is 0. The molecule has 0 unspecified atom stereocenters. The van der Waals surface area contributed by atoms with Crippen LogP contribution in [0.15, 0.2) is 0 Å². The minimum absolute atomic E-state index is 1.13. The molecule has 17 heavy (non-hydrogen) atoms. The van der Waals surface area contributed by atoms with Gasteiger partial charge in [0.25, 0.3) is 8.56 Å². The Bertz CT molecular complexity index is 196. The molecule has 0 aromatic heterocycles. The third-order valence-electron chi connectivity index (χ3n) is 3.10. The molecule has 0 aromatic carbocycles. The van der Waals surface area contributed by atoms with Gasteiger partial charge in [-0.3, -0.25) is 0 Å². The molecule has 0 aliphatic carbocycles. The molecule has 0 radical (unpaired) electrons. The number of hydrogen-bond donors (Lipinski definition) is 2. The van der Waals surface area contributed by atoms with Crippen LogP contribution < -0.4 is 9.96 Å². The number of hydrogen-bond acceptors (Lipinski definition) is 3. The van der Waals surface area contributed by atoms with Gasteiger partial charge in [-0.2, -0.15) is 0 Å². The van der Waals surface area contributed by atoms with Crippen LogP contribution in [0.3, 0.4) is 0 Å². The van der Waals surface area contributed by atoms with Gasteiger partial charge in [0.05, 0.1) is 0 Å². The molecule has 5 heteroatoms. The predicted octanol–water partition coefficient (Wildman–Crippen LogP) is 2.71. The maximum absolute atomic E-state index is 3.83. The Hall–Kier alpha value is 0.314. The van der Waals surface area contributed by atoms with Gasteiger partial charge in [-0.15, -0.1) is 0 Å². The van der Waals surface area contributed by atoms with Crippen molar-refractivity contribution in [2.45, 2.75) is 59.8 Å². The topological polar surface area (TPSA) is 27.3 Å². The molecule has 0 heterocycles. The molecule has 0 atom stereocenters. The zero-order valence-electron chi connectivity index (χ0n) is 13.0. The minimum atomic E-state index is -1.66. The van der Waals surface area contributed by atoms with Crippen LogP contribution in [0.25, 0.3) is 0 Å². The highest BCUT2D eigenvalue weighted by Crippen LogP contribution is 2.15. The Kier molecular flexibility index (Phi) is 7.83. The van der Waals surface area contributed by atoms with Crippen LogP contribution in [0.2, 0.25) is 26.2 Å². The third-order valence-corrected chi connectivity index (χ3v) is 11.7. The fourth-order valence-electron chi connectivity index (χ4n) is 2.45. The van der Waals surface area contributed by atoms with Crippen molar-refractivity contribution in [2.75, 3.05) is 19.6 Å². The van der Waals surface area contributed by atoms with E-state index in [0.717, 1.165) is 19.6 Å². The molecule has 2 N–H and O–H groups in total. The molecular weight excluding hydrogens is 242 g/mol. The maximum atomic E-state index is 3.83. The average Bonchev–Trinajstić information content (AvgIpc) is 2.22. The van der Waals surface area contributed by atoms with Crippen molar-refractivity contribution in [3.63, 3.8) is 0 Å². The molecule has 0 rings (SSSR count). The lowest BCUT2D eigenvalue weighted by Gasteiger charge is -2.46. The molecular formula is C12H33N3Si2. The average molecular weight is 276 g/mol. The monoisotopic (exact) mass is 275 g/mol. The Balaban J connectivity index is 4.84. The van der Waals surface area contributed by atoms with E-state index < -0.39 is 16.8 Å². The fourth-order valence-corrected chi connectivity index (χ4v) is 11.9. The van der Waals surface area contributed by atoms with Gasteiger partial charge in [-0.1, -0.05) is 40.4 Å². The third kappa shape index (κ3) is 5.65. The molecule has 0 aromatic rings. The molecule has 0 saturated heterocycles. The van der Waals surface area contributed by atoms with Gasteiger partial charge in [0.2, 0.25) is 0 Å². The van der Waals surface area contributed by atoms with Crippen molar-refractivity contribution < 1.29 is 0 Å². The number of rotatable bonds is 9. The quantitative estimate of drug-likeness (QED) is 0.634. The zero-order chi connectivity index (χ0) is 13.5. The first-order valence-electron chi connectivity index (χ1n) is 7.09. The second-order valence-electron chi connectivity index (χ2n) is 5.84. The largest absolute Gasteiger partial charge is 0.322 e. The van der Waals surface area contributed by atoms with Gasteiger partial charge in [0.15, 0.2) is 0 Å². The van der Waals surface area contributed by atoms with Crippen LogP contribution >= 0.6 is 0 Å². The summed E-state index contributed by atoms with van der Waals surface area (Å²) in [6.07, 6.45) is 2.42. The van der Waals surface area contributed by atoms with Crippen molar-refractivity contribution >= 4 is 16.8 Å². The highest BCUT2D eigenvalue weighted by Gasteiger charge is 2.40. The standard InChI is InChI=1S/C12H33N3Si2/c1-8-11-13-17(7,14-12-9-2)15(10-3)16(4,5)6/h13-14H,8-12H2,1-7H3. The summed E-state index contributed by atoms with van der Waals surface area (Å²) in [4.78, 5) is 7.65. The van der Waals surface area contributed by atoms with Crippen LogP contribution in [0, 0.1) is 0 Å². The van der Waals surface area contributed by atoms with Crippen molar-refractivity contribution in [3.05, 3.63) is 0 Å². The number of nitrogens with one attached hydrogen (secondary N) is 2. The van der Waals surface area contributed by atoms with E-state index in [9.17, 15) is 0 Å². The zero-order valence-corrected chi connectivity index (χ0v) is 15.0. The van der Waals surface area contributed by atoms with Gasteiger partial charge in [0.1, 0.15) is 8.24 Å². The molecule has 0 amide bonds. The lowest BCUT2D eigenvalue weighted by Crippen LogP contribution is -2.76.